The summed E-state index contributed by atoms with van der Waals surface area (Å²) in [7, 11) is 0. The maximum Gasteiger partial charge on any atom is 0.152 e. The van der Waals surface area contributed by atoms with Crippen LogP contribution in [0.2, 0.25) is 0 Å². The van der Waals surface area contributed by atoms with Crippen molar-refractivity contribution >= 4 is 0 Å². The highest BCUT2D eigenvalue weighted by Crippen LogP contribution is 2.17. The topological polar surface area (TPSA) is 18.5 Å². The van der Waals surface area contributed by atoms with Gasteiger partial charge in [-0.3, -0.25) is 0 Å². The SMILES string of the molecule is FC[C@H]1OC=CC[C@@H]1OCc1ccccc1. The Kier molecular flexibility index (Phi) is 3.94. The van der Waals surface area contributed by atoms with Crippen LogP contribution >= 0.6 is 0 Å². The normalized spacial score (nSPS) is 24.1. The molecule has 0 saturated heterocycles. The summed E-state index contributed by atoms with van der Waals surface area (Å²) >= 11 is 0. The Morgan fingerprint density at radius 3 is 2.88 bits per heavy atom. The van der Waals surface area contributed by atoms with Crippen LogP contribution in [-0.4, -0.2) is 18.9 Å². The zero-order valence-electron chi connectivity index (χ0n) is 9.01. The number of halogens is 1. The van der Waals surface area contributed by atoms with E-state index >= 15 is 0 Å². The molecular weight excluding hydrogens is 207 g/mol. The predicted molar refractivity (Wildman–Crippen MR) is 59.6 cm³/mol. The van der Waals surface area contributed by atoms with E-state index in [1.807, 2.05) is 36.4 Å². The minimum atomic E-state index is -0.510. The van der Waals surface area contributed by atoms with Crippen LogP contribution in [0.1, 0.15) is 12.0 Å². The molecule has 0 spiro atoms. The van der Waals surface area contributed by atoms with Crippen molar-refractivity contribution in [1.29, 1.82) is 0 Å². The van der Waals surface area contributed by atoms with Gasteiger partial charge >= 0.3 is 0 Å². The monoisotopic (exact) mass is 222 g/mol. The molecule has 0 radical (unpaired) electrons. The molecule has 0 unspecified atom stereocenters. The summed E-state index contributed by atoms with van der Waals surface area (Å²) in [5, 5.41) is 0. The zero-order chi connectivity index (χ0) is 11.2. The van der Waals surface area contributed by atoms with Crippen molar-refractivity contribution in [1.82, 2.24) is 0 Å². The van der Waals surface area contributed by atoms with Crippen molar-refractivity contribution in [3.63, 3.8) is 0 Å². The summed E-state index contributed by atoms with van der Waals surface area (Å²) in [5.74, 6) is 0. The van der Waals surface area contributed by atoms with E-state index in [4.69, 9.17) is 9.47 Å². The highest BCUT2D eigenvalue weighted by Gasteiger charge is 2.24. The lowest BCUT2D eigenvalue weighted by Crippen LogP contribution is -2.33. The van der Waals surface area contributed by atoms with Gasteiger partial charge in [0.25, 0.3) is 0 Å². The first-order valence-electron chi connectivity index (χ1n) is 5.42. The molecule has 0 N–H and O–H groups in total. The van der Waals surface area contributed by atoms with Crippen molar-refractivity contribution in [2.75, 3.05) is 6.67 Å². The van der Waals surface area contributed by atoms with Crippen molar-refractivity contribution in [3.8, 4) is 0 Å². The van der Waals surface area contributed by atoms with Crippen molar-refractivity contribution in [2.45, 2.75) is 25.2 Å². The van der Waals surface area contributed by atoms with E-state index in [-0.39, 0.29) is 6.10 Å². The Morgan fingerprint density at radius 2 is 2.12 bits per heavy atom. The molecule has 0 amide bonds. The van der Waals surface area contributed by atoms with Crippen molar-refractivity contribution < 1.29 is 13.9 Å². The molecule has 1 heterocycles. The standard InChI is InChI=1S/C13H15FO2/c14-9-13-12(7-4-8-15-13)16-10-11-5-2-1-3-6-11/h1-6,8,12-13H,7,9-10H2/t12-,13+/m0/s1. The molecule has 2 rings (SSSR count). The molecule has 1 aromatic rings. The molecule has 3 heteroatoms. The fraction of sp³-hybridized carbons (Fsp3) is 0.385. The van der Waals surface area contributed by atoms with Crippen LogP contribution in [-0.2, 0) is 16.1 Å². The van der Waals surface area contributed by atoms with E-state index in [9.17, 15) is 4.39 Å². The van der Waals surface area contributed by atoms with Gasteiger partial charge in [0.2, 0.25) is 0 Å². The summed E-state index contributed by atoms with van der Waals surface area (Å²) < 4.78 is 23.4. The summed E-state index contributed by atoms with van der Waals surface area (Å²) in [6, 6.07) is 9.86. The Balaban J connectivity index is 1.87. The van der Waals surface area contributed by atoms with Gasteiger partial charge in [-0.05, 0) is 18.1 Å². The van der Waals surface area contributed by atoms with Gasteiger partial charge in [0.1, 0.15) is 12.8 Å². The van der Waals surface area contributed by atoms with E-state index in [1.165, 1.54) is 0 Å². The molecule has 86 valence electrons. The van der Waals surface area contributed by atoms with Gasteiger partial charge in [0.05, 0.1) is 12.9 Å². The highest BCUT2D eigenvalue weighted by atomic mass is 19.1. The van der Waals surface area contributed by atoms with Crippen LogP contribution in [0.25, 0.3) is 0 Å². The molecule has 2 nitrogen and oxygen atoms in total. The molecular formula is C13H15FO2. The second kappa shape index (κ2) is 5.66. The van der Waals surface area contributed by atoms with Crippen molar-refractivity contribution in [3.05, 3.63) is 48.2 Å². The molecule has 0 aliphatic carbocycles. The molecule has 1 aliphatic rings. The second-order valence-corrected chi connectivity index (χ2v) is 3.77. The van der Waals surface area contributed by atoms with Gasteiger partial charge in [0, 0.05) is 0 Å². The smallest absolute Gasteiger partial charge is 0.152 e. The zero-order valence-corrected chi connectivity index (χ0v) is 9.01. The van der Waals surface area contributed by atoms with Crippen LogP contribution < -0.4 is 0 Å². The molecule has 16 heavy (non-hydrogen) atoms. The number of ether oxygens (including phenoxy) is 2. The van der Waals surface area contributed by atoms with Crippen LogP contribution in [0.4, 0.5) is 4.39 Å². The van der Waals surface area contributed by atoms with Gasteiger partial charge in [-0.25, -0.2) is 4.39 Å². The minimum Gasteiger partial charge on any atom is -0.493 e. The van der Waals surface area contributed by atoms with E-state index in [0.29, 0.717) is 13.0 Å². The first kappa shape index (κ1) is 11.1. The lowest BCUT2D eigenvalue weighted by molar-refractivity contribution is -0.0660. The maximum atomic E-state index is 12.6. The number of hydrogen-bond donors (Lipinski definition) is 0. The first-order chi connectivity index (χ1) is 7.90. The third kappa shape index (κ3) is 2.83. The quantitative estimate of drug-likeness (QED) is 0.780. The second-order valence-electron chi connectivity index (χ2n) is 3.77. The number of alkyl halides is 1. The Morgan fingerprint density at radius 1 is 1.31 bits per heavy atom. The average molecular weight is 222 g/mol. The first-order valence-corrected chi connectivity index (χ1v) is 5.42. The molecule has 0 aromatic heterocycles. The minimum absolute atomic E-state index is 0.185. The van der Waals surface area contributed by atoms with Gasteiger partial charge < -0.3 is 9.47 Å². The van der Waals surface area contributed by atoms with Crippen LogP contribution in [0.15, 0.2) is 42.7 Å². The van der Waals surface area contributed by atoms with E-state index < -0.39 is 12.8 Å². The molecule has 2 atom stereocenters. The van der Waals surface area contributed by atoms with Crippen LogP contribution in [0.3, 0.4) is 0 Å². The predicted octanol–water partition coefficient (Wildman–Crippen LogP) is 2.84. The van der Waals surface area contributed by atoms with Gasteiger partial charge in [-0.1, -0.05) is 30.3 Å². The Hall–Kier alpha value is -1.35. The Labute approximate surface area is 94.7 Å². The highest BCUT2D eigenvalue weighted by molar-refractivity contribution is 5.13. The summed E-state index contributed by atoms with van der Waals surface area (Å²) in [6.07, 6.45) is 3.47. The van der Waals surface area contributed by atoms with Gasteiger partial charge in [-0.2, -0.15) is 0 Å². The number of benzene rings is 1. The molecule has 0 saturated carbocycles. The van der Waals surface area contributed by atoms with Crippen molar-refractivity contribution in [2.24, 2.45) is 0 Å². The number of rotatable bonds is 4. The molecule has 1 aromatic carbocycles. The molecule has 1 aliphatic heterocycles. The summed E-state index contributed by atoms with van der Waals surface area (Å²) in [4.78, 5) is 0. The lowest BCUT2D eigenvalue weighted by atomic mass is 10.1. The third-order valence-electron chi connectivity index (χ3n) is 2.59. The van der Waals surface area contributed by atoms with E-state index in [2.05, 4.69) is 0 Å². The summed E-state index contributed by atoms with van der Waals surface area (Å²) in [5.41, 5.74) is 1.09. The van der Waals surface area contributed by atoms with E-state index in [1.54, 1.807) is 6.26 Å². The largest absolute Gasteiger partial charge is 0.493 e. The van der Waals surface area contributed by atoms with Gasteiger partial charge in [0.15, 0.2) is 6.10 Å². The van der Waals surface area contributed by atoms with Gasteiger partial charge in [-0.15, -0.1) is 0 Å². The fourth-order valence-electron chi connectivity index (χ4n) is 1.67. The van der Waals surface area contributed by atoms with Crippen LogP contribution in [0, 0.1) is 0 Å². The Bertz CT molecular complexity index is 337. The fourth-order valence-corrected chi connectivity index (χ4v) is 1.67. The lowest BCUT2D eigenvalue weighted by Gasteiger charge is -2.26. The third-order valence-corrected chi connectivity index (χ3v) is 2.59. The van der Waals surface area contributed by atoms with E-state index in [0.717, 1.165) is 5.56 Å². The summed E-state index contributed by atoms with van der Waals surface area (Å²) in [6.45, 7) is -0.0109. The average Bonchev–Trinajstić information content (AvgIpc) is 2.38. The maximum absolute atomic E-state index is 12.6. The number of hydrogen-bond acceptors (Lipinski definition) is 2. The van der Waals surface area contributed by atoms with Crippen LogP contribution in [0.5, 0.6) is 0 Å². The molecule has 0 bridgehead atoms. The molecule has 0 fully saturated rings.